The lowest BCUT2D eigenvalue weighted by atomic mass is 9.42. The Bertz CT molecular complexity index is 971. The highest BCUT2D eigenvalue weighted by Crippen LogP contribution is 2.69. The van der Waals surface area contributed by atoms with Crippen molar-refractivity contribution in [1.29, 1.82) is 0 Å². The number of ketones is 1. The molecule has 3 aliphatic rings. The fourth-order valence-electron chi connectivity index (χ4n) is 7.39. The van der Waals surface area contributed by atoms with Crippen LogP contribution in [-0.2, 0) is 23.9 Å². The molecule has 0 aromatic heterocycles. The number of carboxylic acid groups (broad SMARTS) is 1. The van der Waals surface area contributed by atoms with Crippen LogP contribution in [-0.4, -0.2) is 35.2 Å². The molecule has 33 heavy (non-hydrogen) atoms. The third-order valence-electron chi connectivity index (χ3n) is 8.95. The zero-order valence-corrected chi connectivity index (χ0v) is 20.6. The maximum Gasteiger partial charge on any atom is 0.313 e. The van der Waals surface area contributed by atoms with Crippen molar-refractivity contribution in [3.63, 3.8) is 0 Å². The van der Waals surface area contributed by atoms with Gasteiger partial charge in [0.15, 0.2) is 5.78 Å². The Morgan fingerprint density at radius 1 is 1.06 bits per heavy atom. The van der Waals surface area contributed by atoms with Crippen LogP contribution in [0.5, 0.6) is 0 Å². The normalized spacial score (nSPS) is 40.2. The molecule has 0 saturated heterocycles. The molecule has 3 fully saturated rings. The molecular formula is C27H36O6. The molecule has 0 aromatic rings. The van der Waals surface area contributed by atoms with Crippen molar-refractivity contribution in [2.45, 2.75) is 79.8 Å². The zero-order valence-electron chi connectivity index (χ0n) is 20.6. The van der Waals surface area contributed by atoms with Crippen LogP contribution in [0.3, 0.4) is 0 Å². The molecule has 1 N–H and O–H groups in total. The summed E-state index contributed by atoms with van der Waals surface area (Å²) in [7, 11) is 0. The first kappa shape index (κ1) is 25.1. The third kappa shape index (κ3) is 3.91. The van der Waals surface area contributed by atoms with Crippen molar-refractivity contribution < 1.29 is 29.0 Å². The average molecular weight is 457 g/mol. The highest BCUT2D eigenvalue weighted by molar-refractivity contribution is 6.01. The number of fused-ring (bicyclic) bond motifs is 3. The first-order valence-electron chi connectivity index (χ1n) is 11.8. The standard InChI is InChI=1S/C27H36O6/c1-16(15-28)8-7-9-17(2)23-19(30)14-21-25(4)13-11-22(33-18(3)29)27(6,24(31)32)20(25)10-12-26(21,23)5/h7-9,15,20-22H,10-14H2,1-6H3,(H,31,32). The maximum atomic E-state index is 13.3. The quantitative estimate of drug-likeness (QED) is 0.275. The average Bonchev–Trinajstić information content (AvgIpc) is 3.01. The van der Waals surface area contributed by atoms with E-state index in [0.29, 0.717) is 31.3 Å². The van der Waals surface area contributed by atoms with Gasteiger partial charge >= 0.3 is 11.9 Å². The van der Waals surface area contributed by atoms with Gasteiger partial charge in [0.2, 0.25) is 0 Å². The molecule has 0 heterocycles. The maximum absolute atomic E-state index is 13.3. The Balaban J connectivity index is 2.03. The van der Waals surface area contributed by atoms with Crippen molar-refractivity contribution >= 4 is 24.0 Å². The summed E-state index contributed by atoms with van der Waals surface area (Å²) in [6, 6.07) is 0. The van der Waals surface area contributed by atoms with Gasteiger partial charge in [0.25, 0.3) is 0 Å². The first-order chi connectivity index (χ1) is 15.3. The number of allylic oxidation sites excluding steroid dienone is 6. The topological polar surface area (TPSA) is 97.7 Å². The van der Waals surface area contributed by atoms with E-state index in [1.165, 1.54) is 6.92 Å². The molecule has 0 amide bonds. The Morgan fingerprint density at radius 3 is 2.30 bits per heavy atom. The van der Waals surface area contributed by atoms with Gasteiger partial charge in [-0.05, 0) is 74.9 Å². The molecule has 0 bridgehead atoms. The van der Waals surface area contributed by atoms with Crippen molar-refractivity contribution in [3.05, 3.63) is 34.9 Å². The number of carbonyl (C=O) groups is 4. The highest BCUT2D eigenvalue weighted by Gasteiger charge is 2.68. The van der Waals surface area contributed by atoms with Gasteiger partial charge in [-0.2, -0.15) is 0 Å². The van der Waals surface area contributed by atoms with E-state index in [1.54, 1.807) is 26.0 Å². The second kappa shape index (κ2) is 8.69. The minimum Gasteiger partial charge on any atom is -0.481 e. The number of aliphatic carboxylic acids is 1. The molecule has 6 atom stereocenters. The number of ether oxygens (including phenoxy) is 1. The Hall–Kier alpha value is -2.50. The van der Waals surface area contributed by atoms with E-state index in [-0.39, 0.29) is 28.4 Å². The predicted octanol–water partition coefficient (Wildman–Crippen LogP) is 4.83. The molecule has 6 unspecified atom stereocenters. The van der Waals surface area contributed by atoms with E-state index in [1.807, 2.05) is 13.0 Å². The molecule has 0 aromatic carbocycles. The van der Waals surface area contributed by atoms with Gasteiger partial charge in [-0.1, -0.05) is 32.1 Å². The molecule has 180 valence electrons. The SMILES string of the molecule is CC(=O)OC1CCC2(C)C3CC(=O)C(=C(C)C=CC=C(C)C=O)C3(C)CCC2C1(C)C(=O)O. The van der Waals surface area contributed by atoms with E-state index in [2.05, 4.69) is 13.8 Å². The minimum atomic E-state index is -1.19. The molecule has 6 heteroatoms. The van der Waals surface area contributed by atoms with Crippen molar-refractivity contribution in [2.24, 2.45) is 28.1 Å². The minimum absolute atomic E-state index is 0.0267. The van der Waals surface area contributed by atoms with Crippen molar-refractivity contribution in [3.8, 4) is 0 Å². The summed E-state index contributed by atoms with van der Waals surface area (Å²) in [4.78, 5) is 48.4. The monoisotopic (exact) mass is 456 g/mol. The lowest BCUT2D eigenvalue weighted by Gasteiger charge is -2.61. The van der Waals surface area contributed by atoms with Gasteiger partial charge in [0.05, 0.1) is 0 Å². The van der Waals surface area contributed by atoms with E-state index in [4.69, 9.17) is 4.74 Å². The number of rotatable bonds is 5. The van der Waals surface area contributed by atoms with Gasteiger partial charge in [0.1, 0.15) is 17.8 Å². The highest BCUT2D eigenvalue weighted by atomic mass is 16.5. The lowest BCUT2D eigenvalue weighted by Crippen LogP contribution is -2.61. The fourth-order valence-corrected chi connectivity index (χ4v) is 7.39. The second-order valence-electron chi connectivity index (χ2n) is 10.9. The molecule has 0 spiro atoms. The van der Waals surface area contributed by atoms with Gasteiger partial charge in [-0.15, -0.1) is 0 Å². The summed E-state index contributed by atoms with van der Waals surface area (Å²) in [6.45, 7) is 11.0. The lowest BCUT2D eigenvalue weighted by molar-refractivity contribution is -0.204. The van der Waals surface area contributed by atoms with Crippen LogP contribution in [0.25, 0.3) is 0 Å². The van der Waals surface area contributed by atoms with Crippen molar-refractivity contribution in [2.75, 3.05) is 0 Å². The molecule has 3 rings (SSSR count). The number of hydrogen-bond donors (Lipinski definition) is 1. The smallest absolute Gasteiger partial charge is 0.313 e. The molecule has 3 aliphatic carbocycles. The molecule has 0 radical (unpaired) electrons. The Labute approximate surface area is 196 Å². The summed E-state index contributed by atoms with van der Waals surface area (Å²) >= 11 is 0. The number of carboxylic acids is 1. The first-order valence-corrected chi connectivity index (χ1v) is 11.8. The molecule has 0 aliphatic heterocycles. The number of aldehydes is 1. The van der Waals surface area contributed by atoms with Crippen molar-refractivity contribution in [1.82, 2.24) is 0 Å². The zero-order chi connectivity index (χ0) is 24.8. The largest absolute Gasteiger partial charge is 0.481 e. The fraction of sp³-hybridized carbons (Fsp3) is 0.630. The van der Waals surface area contributed by atoms with Gasteiger partial charge in [-0.25, -0.2) is 0 Å². The van der Waals surface area contributed by atoms with E-state index < -0.39 is 23.5 Å². The number of hydrogen-bond acceptors (Lipinski definition) is 5. The van der Waals surface area contributed by atoms with Gasteiger partial charge in [0, 0.05) is 24.3 Å². The number of esters is 1. The van der Waals surface area contributed by atoms with Gasteiger partial charge in [-0.3, -0.25) is 19.2 Å². The van der Waals surface area contributed by atoms with Crippen LogP contribution in [0.2, 0.25) is 0 Å². The summed E-state index contributed by atoms with van der Waals surface area (Å²) in [5.41, 5.74) is 0.453. The third-order valence-corrected chi connectivity index (χ3v) is 8.95. The second-order valence-corrected chi connectivity index (χ2v) is 10.9. The molecular weight excluding hydrogens is 420 g/mol. The summed E-state index contributed by atoms with van der Waals surface area (Å²) in [5, 5.41) is 10.3. The van der Waals surface area contributed by atoms with Crippen LogP contribution in [0, 0.1) is 28.1 Å². The molecule has 6 nitrogen and oxygen atoms in total. The van der Waals surface area contributed by atoms with E-state index in [0.717, 1.165) is 23.9 Å². The molecule has 3 saturated carbocycles. The summed E-state index contributed by atoms with van der Waals surface area (Å²) in [5.74, 6) is -1.44. The Morgan fingerprint density at radius 2 is 1.73 bits per heavy atom. The summed E-state index contributed by atoms with van der Waals surface area (Å²) < 4.78 is 5.52. The number of Topliss-reactive ketones (excluding diaryl/α,β-unsaturated/α-hetero) is 1. The van der Waals surface area contributed by atoms with Crippen LogP contribution in [0.4, 0.5) is 0 Å². The van der Waals surface area contributed by atoms with Crippen LogP contribution < -0.4 is 0 Å². The van der Waals surface area contributed by atoms with Crippen LogP contribution in [0.15, 0.2) is 34.9 Å². The van der Waals surface area contributed by atoms with E-state index in [9.17, 15) is 24.3 Å². The summed E-state index contributed by atoms with van der Waals surface area (Å²) in [6.07, 6.45) is 8.50. The Kier molecular flexibility index (Phi) is 6.62. The predicted molar refractivity (Wildman–Crippen MR) is 124 cm³/mol. The van der Waals surface area contributed by atoms with Gasteiger partial charge < -0.3 is 9.84 Å². The number of carbonyl (C=O) groups excluding carboxylic acids is 3. The van der Waals surface area contributed by atoms with Crippen LogP contribution >= 0.6 is 0 Å². The van der Waals surface area contributed by atoms with Crippen LogP contribution in [0.1, 0.15) is 73.6 Å². The van der Waals surface area contributed by atoms with E-state index >= 15 is 0 Å².